The lowest BCUT2D eigenvalue weighted by Gasteiger charge is -2.40. The zero-order valence-electron chi connectivity index (χ0n) is 11.5. The van der Waals surface area contributed by atoms with Crippen LogP contribution in [0.2, 0.25) is 0 Å². The molecule has 0 unspecified atom stereocenters. The Kier molecular flexibility index (Phi) is 3.69. The lowest BCUT2D eigenvalue weighted by molar-refractivity contribution is 0.238. The molecule has 0 heterocycles. The van der Waals surface area contributed by atoms with Crippen LogP contribution < -0.4 is 5.32 Å². The first kappa shape index (κ1) is 12.2. The Hall–Kier alpha value is -0.820. The van der Waals surface area contributed by atoms with Crippen LogP contribution in [0.1, 0.15) is 62.0 Å². The SMILES string of the molecule is Cc1ccccc1C1CC(NC2CCCCC2)C1. The quantitative estimate of drug-likeness (QED) is 0.840. The smallest absolute Gasteiger partial charge is 0.00813 e. The number of hydrogen-bond donors (Lipinski definition) is 1. The molecule has 0 aromatic heterocycles. The monoisotopic (exact) mass is 243 g/mol. The zero-order valence-corrected chi connectivity index (χ0v) is 11.5. The molecule has 0 atom stereocenters. The van der Waals surface area contributed by atoms with E-state index < -0.39 is 0 Å². The van der Waals surface area contributed by atoms with Gasteiger partial charge in [0.05, 0.1) is 0 Å². The van der Waals surface area contributed by atoms with E-state index in [0.29, 0.717) is 0 Å². The maximum atomic E-state index is 3.87. The minimum absolute atomic E-state index is 0.790. The van der Waals surface area contributed by atoms with E-state index in [4.69, 9.17) is 0 Å². The molecule has 1 N–H and O–H groups in total. The molecule has 0 amide bonds. The van der Waals surface area contributed by atoms with E-state index in [-0.39, 0.29) is 0 Å². The number of hydrogen-bond acceptors (Lipinski definition) is 1. The number of nitrogens with one attached hydrogen (secondary N) is 1. The molecule has 2 saturated carbocycles. The van der Waals surface area contributed by atoms with Gasteiger partial charge in [0, 0.05) is 12.1 Å². The Labute approximate surface area is 111 Å². The Morgan fingerprint density at radius 2 is 1.67 bits per heavy atom. The van der Waals surface area contributed by atoms with E-state index in [1.807, 2.05) is 0 Å². The van der Waals surface area contributed by atoms with E-state index in [9.17, 15) is 0 Å². The third-order valence-corrected chi connectivity index (χ3v) is 4.84. The maximum Gasteiger partial charge on any atom is 0.00813 e. The summed E-state index contributed by atoms with van der Waals surface area (Å²) >= 11 is 0. The second-order valence-corrected chi connectivity index (χ2v) is 6.22. The van der Waals surface area contributed by atoms with Crippen molar-refractivity contribution >= 4 is 0 Å². The second-order valence-electron chi connectivity index (χ2n) is 6.22. The third kappa shape index (κ3) is 2.61. The van der Waals surface area contributed by atoms with Crippen LogP contribution in [0.3, 0.4) is 0 Å². The third-order valence-electron chi connectivity index (χ3n) is 4.84. The first-order valence-electron chi connectivity index (χ1n) is 7.64. The van der Waals surface area contributed by atoms with Crippen LogP contribution >= 0.6 is 0 Å². The molecule has 2 aliphatic rings. The van der Waals surface area contributed by atoms with Gasteiger partial charge in [0.2, 0.25) is 0 Å². The van der Waals surface area contributed by atoms with Gasteiger partial charge in [-0.3, -0.25) is 0 Å². The highest BCUT2D eigenvalue weighted by atomic mass is 15.0. The van der Waals surface area contributed by atoms with Gasteiger partial charge in [-0.25, -0.2) is 0 Å². The van der Waals surface area contributed by atoms with Crippen molar-refractivity contribution < 1.29 is 0 Å². The van der Waals surface area contributed by atoms with Crippen LogP contribution in [0, 0.1) is 6.92 Å². The van der Waals surface area contributed by atoms with Gasteiger partial charge in [-0.1, -0.05) is 43.5 Å². The number of aryl methyl sites for hydroxylation is 1. The van der Waals surface area contributed by atoms with E-state index >= 15 is 0 Å². The lowest BCUT2D eigenvalue weighted by atomic mass is 9.74. The summed E-state index contributed by atoms with van der Waals surface area (Å²) in [5, 5.41) is 3.87. The van der Waals surface area contributed by atoms with Crippen molar-refractivity contribution in [3.8, 4) is 0 Å². The average Bonchev–Trinajstić information content (AvgIpc) is 2.36. The Balaban J connectivity index is 1.49. The van der Waals surface area contributed by atoms with Gasteiger partial charge in [0.1, 0.15) is 0 Å². The lowest BCUT2D eigenvalue weighted by Crippen LogP contribution is -2.46. The van der Waals surface area contributed by atoms with E-state index in [0.717, 1.165) is 18.0 Å². The van der Waals surface area contributed by atoms with Crippen molar-refractivity contribution in [1.82, 2.24) is 5.32 Å². The molecule has 2 fully saturated rings. The van der Waals surface area contributed by atoms with Crippen molar-refractivity contribution in [2.45, 2.75) is 69.9 Å². The normalized spacial score (nSPS) is 28.9. The summed E-state index contributed by atoms with van der Waals surface area (Å²) in [4.78, 5) is 0. The molecule has 0 saturated heterocycles. The minimum Gasteiger partial charge on any atom is -0.311 e. The molecule has 0 spiro atoms. The highest BCUT2D eigenvalue weighted by Crippen LogP contribution is 2.38. The van der Waals surface area contributed by atoms with E-state index in [2.05, 4.69) is 36.5 Å². The maximum absolute atomic E-state index is 3.87. The van der Waals surface area contributed by atoms with Crippen LogP contribution in [-0.2, 0) is 0 Å². The van der Waals surface area contributed by atoms with Crippen LogP contribution in [0.25, 0.3) is 0 Å². The topological polar surface area (TPSA) is 12.0 Å². The van der Waals surface area contributed by atoms with Crippen LogP contribution in [0.4, 0.5) is 0 Å². The van der Waals surface area contributed by atoms with Crippen molar-refractivity contribution in [2.75, 3.05) is 0 Å². The molecular weight excluding hydrogens is 218 g/mol. The minimum atomic E-state index is 0.790. The molecule has 2 aliphatic carbocycles. The standard InChI is InChI=1S/C17H25N/c1-13-7-5-6-10-17(13)14-11-16(12-14)18-15-8-3-2-4-9-15/h5-7,10,14-16,18H,2-4,8-9,11-12H2,1H3. The molecule has 98 valence electrons. The summed E-state index contributed by atoms with van der Waals surface area (Å²) in [6, 6.07) is 10.5. The van der Waals surface area contributed by atoms with Crippen LogP contribution in [0.5, 0.6) is 0 Å². The van der Waals surface area contributed by atoms with Gasteiger partial charge >= 0.3 is 0 Å². The zero-order chi connectivity index (χ0) is 12.4. The summed E-state index contributed by atoms with van der Waals surface area (Å²) in [6.45, 7) is 2.25. The molecule has 18 heavy (non-hydrogen) atoms. The van der Waals surface area contributed by atoms with Crippen molar-refractivity contribution in [2.24, 2.45) is 0 Å². The first-order chi connectivity index (χ1) is 8.83. The van der Waals surface area contributed by atoms with Gasteiger partial charge in [-0.15, -0.1) is 0 Å². The summed E-state index contributed by atoms with van der Waals surface area (Å²) in [5.41, 5.74) is 3.05. The molecule has 1 aromatic carbocycles. The van der Waals surface area contributed by atoms with Crippen molar-refractivity contribution in [3.05, 3.63) is 35.4 Å². The summed E-state index contributed by atoms with van der Waals surface area (Å²) < 4.78 is 0. The highest BCUT2D eigenvalue weighted by molar-refractivity contribution is 5.31. The molecule has 0 aliphatic heterocycles. The Morgan fingerprint density at radius 1 is 0.944 bits per heavy atom. The van der Waals surface area contributed by atoms with Crippen molar-refractivity contribution in [1.29, 1.82) is 0 Å². The molecule has 1 nitrogen and oxygen atoms in total. The molecule has 3 rings (SSSR count). The van der Waals surface area contributed by atoms with Gasteiger partial charge < -0.3 is 5.32 Å². The summed E-state index contributed by atoms with van der Waals surface area (Å²) in [6.07, 6.45) is 9.84. The molecule has 0 radical (unpaired) electrons. The van der Waals surface area contributed by atoms with Crippen LogP contribution in [-0.4, -0.2) is 12.1 Å². The summed E-state index contributed by atoms with van der Waals surface area (Å²) in [5.74, 6) is 0.812. The first-order valence-corrected chi connectivity index (χ1v) is 7.64. The van der Waals surface area contributed by atoms with Gasteiger partial charge in [0.15, 0.2) is 0 Å². The average molecular weight is 243 g/mol. The predicted molar refractivity (Wildman–Crippen MR) is 77.0 cm³/mol. The molecule has 0 bridgehead atoms. The fraction of sp³-hybridized carbons (Fsp3) is 0.647. The van der Waals surface area contributed by atoms with Crippen LogP contribution in [0.15, 0.2) is 24.3 Å². The highest BCUT2D eigenvalue weighted by Gasteiger charge is 2.32. The fourth-order valence-electron chi connectivity index (χ4n) is 3.66. The Morgan fingerprint density at radius 3 is 2.39 bits per heavy atom. The molecular formula is C17H25N. The second kappa shape index (κ2) is 5.44. The molecule has 1 aromatic rings. The number of rotatable bonds is 3. The van der Waals surface area contributed by atoms with E-state index in [1.54, 1.807) is 5.56 Å². The van der Waals surface area contributed by atoms with Gasteiger partial charge in [-0.2, -0.15) is 0 Å². The summed E-state index contributed by atoms with van der Waals surface area (Å²) in [7, 11) is 0. The van der Waals surface area contributed by atoms with Gasteiger partial charge in [-0.05, 0) is 49.7 Å². The van der Waals surface area contributed by atoms with E-state index in [1.165, 1.54) is 50.5 Å². The largest absolute Gasteiger partial charge is 0.311 e. The van der Waals surface area contributed by atoms with Gasteiger partial charge in [0.25, 0.3) is 0 Å². The molecule has 1 heteroatoms. The fourth-order valence-corrected chi connectivity index (χ4v) is 3.66. The predicted octanol–water partition coefficient (Wildman–Crippen LogP) is 4.16. The van der Waals surface area contributed by atoms with Crippen molar-refractivity contribution in [3.63, 3.8) is 0 Å². The number of benzene rings is 1. The Bertz CT molecular complexity index is 386.